The molecule has 1 aromatic carbocycles. The Balaban J connectivity index is 1.83. The zero-order valence-electron chi connectivity index (χ0n) is 18.0. The number of ether oxygens (including phenoxy) is 1. The van der Waals surface area contributed by atoms with E-state index >= 15 is 0 Å². The molecule has 1 aromatic rings. The van der Waals surface area contributed by atoms with Crippen LogP contribution in [-0.2, 0) is 9.59 Å². The second-order valence-corrected chi connectivity index (χ2v) is 8.50. The topological polar surface area (TPSA) is 58.6 Å². The molecule has 0 spiro atoms. The highest BCUT2D eigenvalue weighted by Gasteiger charge is 2.40. The Morgan fingerprint density at radius 3 is 2.41 bits per heavy atom. The predicted octanol–water partition coefficient (Wildman–Crippen LogP) is 4.61. The van der Waals surface area contributed by atoms with Crippen LogP contribution in [0.15, 0.2) is 24.3 Å². The zero-order valence-corrected chi connectivity index (χ0v) is 18.0. The molecule has 2 amide bonds. The molecule has 3 rings (SSSR count). The Morgan fingerprint density at radius 1 is 1.10 bits per heavy atom. The molecule has 1 heterocycles. The Bertz CT molecular complexity index is 665. The van der Waals surface area contributed by atoms with Crippen LogP contribution in [0.3, 0.4) is 0 Å². The van der Waals surface area contributed by atoms with Gasteiger partial charge in [0.2, 0.25) is 11.8 Å². The van der Waals surface area contributed by atoms with Crippen molar-refractivity contribution in [2.24, 2.45) is 5.92 Å². The number of nitrogens with zero attached hydrogens (tertiary/aromatic N) is 1. The number of carbonyl (C=O) groups is 2. The fourth-order valence-electron chi connectivity index (χ4n) is 4.76. The van der Waals surface area contributed by atoms with E-state index in [1.807, 2.05) is 29.2 Å². The molecule has 1 aliphatic heterocycles. The maximum Gasteiger partial charge on any atom is 0.225 e. The number of methoxy groups -OCH3 is 1. The first kappa shape index (κ1) is 21.7. The Labute approximate surface area is 175 Å². The van der Waals surface area contributed by atoms with Gasteiger partial charge in [0.15, 0.2) is 0 Å². The minimum atomic E-state index is -0.195. The summed E-state index contributed by atoms with van der Waals surface area (Å²) in [5.74, 6) is 0.876. The van der Waals surface area contributed by atoms with Gasteiger partial charge in [-0.15, -0.1) is 0 Å². The van der Waals surface area contributed by atoms with Crippen molar-refractivity contribution in [3.63, 3.8) is 0 Å². The third kappa shape index (κ3) is 5.52. The summed E-state index contributed by atoms with van der Waals surface area (Å²) in [5, 5.41) is 3.34. The fraction of sp³-hybridized carbons (Fsp3) is 0.667. The molecule has 0 unspecified atom stereocenters. The number of benzene rings is 1. The highest BCUT2D eigenvalue weighted by Crippen LogP contribution is 2.38. The van der Waals surface area contributed by atoms with Gasteiger partial charge in [-0.2, -0.15) is 0 Å². The Kier molecular flexibility index (Phi) is 7.96. The van der Waals surface area contributed by atoms with Crippen molar-refractivity contribution in [3.8, 4) is 5.75 Å². The molecule has 160 valence electrons. The van der Waals surface area contributed by atoms with Crippen molar-refractivity contribution in [1.82, 2.24) is 10.2 Å². The summed E-state index contributed by atoms with van der Waals surface area (Å²) in [6.45, 7) is 2.84. The van der Waals surface area contributed by atoms with Crippen LogP contribution in [0.2, 0.25) is 0 Å². The van der Waals surface area contributed by atoms with E-state index in [4.69, 9.17) is 4.74 Å². The van der Waals surface area contributed by atoms with Crippen LogP contribution >= 0.6 is 0 Å². The van der Waals surface area contributed by atoms with E-state index in [9.17, 15) is 9.59 Å². The maximum atomic E-state index is 13.3. The summed E-state index contributed by atoms with van der Waals surface area (Å²) >= 11 is 0. The minimum Gasteiger partial charge on any atom is -0.497 e. The summed E-state index contributed by atoms with van der Waals surface area (Å²) in [4.78, 5) is 28.1. The molecule has 1 saturated carbocycles. The summed E-state index contributed by atoms with van der Waals surface area (Å²) in [6.07, 6.45) is 10.1. The molecule has 1 N–H and O–H groups in total. The van der Waals surface area contributed by atoms with Crippen LogP contribution in [0.4, 0.5) is 0 Å². The minimum absolute atomic E-state index is 0.117. The lowest BCUT2D eigenvalue weighted by molar-refractivity contribution is -0.143. The number of unbranched alkanes of at least 4 members (excludes halogenated alkanes) is 1. The van der Waals surface area contributed by atoms with E-state index in [0.717, 1.165) is 37.0 Å². The van der Waals surface area contributed by atoms with Crippen LogP contribution in [-0.4, -0.2) is 36.4 Å². The van der Waals surface area contributed by atoms with Gasteiger partial charge in [-0.05, 0) is 43.4 Å². The molecule has 5 heteroatoms. The van der Waals surface area contributed by atoms with Gasteiger partial charge in [-0.3, -0.25) is 9.59 Å². The van der Waals surface area contributed by atoms with E-state index < -0.39 is 0 Å². The third-order valence-corrected chi connectivity index (χ3v) is 6.45. The summed E-state index contributed by atoms with van der Waals surface area (Å²) < 4.78 is 5.30. The molecule has 0 aromatic heterocycles. The fourth-order valence-corrected chi connectivity index (χ4v) is 4.76. The molecule has 5 nitrogen and oxygen atoms in total. The zero-order chi connectivity index (χ0) is 20.6. The van der Waals surface area contributed by atoms with Crippen LogP contribution in [0.1, 0.15) is 82.7 Å². The molecule has 1 saturated heterocycles. The number of carbonyl (C=O) groups excluding carboxylic acids is 2. The van der Waals surface area contributed by atoms with Crippen molar-refractivity contribution in [3.05, 3.63) is 29.8 Å². The second kappa shape index (κ2) is 10.7. The summed E-state index contributed by atoms with van der Waals surface area (Å²) in [7, 11) is 1.65. The predicted molar refractivity (Wildman–Crippen MR) is 115 cm³/mol. The number of nitrogens with one attached hydrogen (secondary N) is 1. The first-order valence-electron chi connectivity index (χ1n) is 11.4. The first-order valence-corrected chi connectivity index (χ1v) is 11.4. The van der Waals surface area contributed by atoms with Gasteiger partial charge >= 0.3 is 0 Å². The number of hydrogen-bond acceptors (Lipinski definition) is 3. The Hall–Kier alpha value is -2.04. The quantitative estimate of drug-likeness (QED) is 0.680. The highest BCUT2D eigenvalue weighted by molar-refractivity contribution is 5.85. The largest absolute Gasteiger partial charge is 0.497 e. The van der Waals surface area contributed by atoms with Crippen molar-refractivity contribution < 1.29 is 14.3 Å². The van der Waals surface area contributed by atoms with Crippen molar-refractivity contribution in [1.29, 1.82) is 0 Å². The van der Waals surface area contributed by atoms with Crippen molar-refractivity contribution in [2.75, 3.05) is 13.7 Å². The van der Waals surface area contributed by atoms with Gasteiger partial charge in [0.05, 0.1) is 19.1 Å². The van der Waals surface area contributed by atoms with Gasteiger partial charge in [0, 0.05) is 19.0 Å². The van der Waals surface area contributed by atoms with Gasteiger partial charge in [0.1, 0.15) is 5.75 Å². The molecule has 29 heavy (non-hydrogen) atoms. The van der Waals surface area contributed by atoms with Gasteiger partial charge < -0.3 is 15.0 Å². The lowest BCUT2D eigenvalue weighted by Crippen LogP contribution is -2.50. The van der Waals surface area contributed by atoms with Crippen molar-refractivity contribution in [2.45, 2.75) is 83.2 Å². The normalized spacial score (nSPS) is 23.5. The summed E-state index contributed by atoms with van der Waals surface area (Å²) in [6, 6.07) is 7.95. The first-order chi connectivity index (χ1) is 14.1. The lowest BCUT2D eigenvalue weighted by Gasteiger charge is -2.41. The lowest BCUT2D eigenvalue weighted by atomic mass is 9.83. The number of amides is 2. The molecular weight excluding hydrogens is 364 g/mol. The van der Waals surface area contributed by atoms with Gasteiger partial charge in [-0.1, -0.05) is 51.2 Å². The van der Waals surface area contributed by atoms with Crippen LogP contribution in [0.5, 0.6) is 5.75 Å². The van der Waals surface area contributed by atoms with Crippen molar-refractivity contribution >= 4 is 11.8 Å². The number of likely N-dealkylation sites (tertiary alicyclic amines) is 1. The van der Waals surface area contributed by atoms with E-state index in [-0.39, 0.29) is 29.8 Å². The summed E-state index contributed by atoms with van der Waals surface area (Å²) in [5.41, 5.74) is 1.02. The van der Waals surface area contributed by atoms with Gasteiger partial charge in [0.25, 0.3) is 0 Å². The van der Waals surface area contributed by atoms with E-state index in [0.29, 0.717) is 19.4 Å². The molecule has 2 fully saturated rings. The third-order valence-electron chi connectivity index (χ3n) is 6.45. The molecule has 0 radical (unpaired) electrons. The molecular formula is C24H36N2O3. The van der Waals surface area contributed by atoms with E-state index in [1.165, 1.54) is 25.7 Å². The van der Waals surface area contributed by atoms with Crippen LogP contribution in [0.25, 0.3) is 0 Å². The monoisotopic (exact) mass is 400 g/mol. The highest BCUT2D eigenvalue weighted by atomic mass is 16.5. The standard InChI is InChI=1S/C24H36N2O3/c1-3-4-17-26-22(27)16-15-21(23(26)18-11-13-20(29-2)14-12-18)24(28)25-19-9-7-5-6-8-10-19/h11-14,19,21,23H,3-10,15-17H2,1-2H3,(H,25,28)/t21-,23-/m0/s1. The average Bonchev–Trinajstić information content (AvgIpc) is 3.01. The second-order valence-electron chi connectivity index (χ2n) is 8.50. The average molecular weight is 401 g/mol. The van der Waals surface area contributed by atoms with E-state index in [2.05, 4.69) is 12.2 Å². The van der Waals surface area contributed by atoms with E-state index in [1.54, 1.807) is 7.11 Å². The van der Waals surface area contributed by atoms with Gasteiger partial charge in [-0.25, -0.2) is 0 Å². The number of rotatable bonds is 7. The Morgan fingerprint density at radius 2 is 1.79 bits per heavy atom. The molecule has 2 aliphatic rings. The van der Waals surface area contributed by atoms with Crippen LogP contribution < -0.4 is 10.1 Å². The maximum absolute atomic E-state index is 13.3. The SMILES string of the molecule is CCCCN1C(=O)CC[C@H](C(=O)NC2CCCCCC2)[C@@H]1c1ccc(OC)cc1. The molecule has 2 atom stereocenters. The van der Waals surface area contributed by atoms with Crippen LogP contribution in [0, 0.1) is 5.92 Å². The smallest absolute Gasteiger partial charge is 0.225 e. The number of piperidine rings is 1. The molecule has 0 bridgehead atoms. The number of hydrogen-bond donors (Lipinski definition) is 1. The molecule has 1 aliphatic carbocycles.